The maximum absolute atomic E-state index is 5.31. The molecule has 7 aromatic carbocycles. The van der Waals surface area contributed by atoms with Crippen molar-refractivity contribution in [2.24, 2.45) is 4.99 Å². The van der Waals surface area contributed by atoms with E-state index in [1.54, 1.807) is 0 Å². The fourth-order valence-electron chi connectivity index (χ4n) is 6.95. The molecule has 4 heteroatoms. The molecular weight excluding hydrogens is 585 g/mol. The summed E-state index contributed by atoms with van der Waals surface area (Å²) in [7, 11) is 0. The molecule has 0 saturated carbocycles. The summed E-state index contributed by atoms with van der Waals surface area (Å²) in [5.41, 5.74) is 8.90. The van der Waals surface area contributed by atoms with Gasteiger partial charge in [0, 0.05) is 28.1 Å². The number of aromatic nitrogens is 1. The molecule has 0 amide bonds. The number of hydrogen-bond donors (Lipinski definition) is 2. The van der Waals surface area contributed by atoms with Crippen LogP contribution in [0.1, 0.15) is 29.0 Å². The van der Waals surface area contributed by atoms with Crippen LogP contribution in [0.15, 0.2) is 175 Å². The average Bonchev–Trinajstić information content (AvgIpc) is 3.18. The Kier molecular flexibility index (Phi) is 6.99. The first-order valence-electron chi connectivity index (χ1n) is 16.4. The Morgan fingerprint density at radius 1 is 0.458 bits per heavy atom. The topological polar surface area (TPSA) is 49.3 Å². The van der Waals surface area contributed by atoms with Crippen molar-refractivity contribution >= 4 is 38.3 Å². The summed E-state index contributed by atoms with van der Waals surface area (Å²) in [6.45, 7) is 0. The maximum atomic E-state index is 5.31. The normalized spacial score (nSPS) is 16.1. The Balaban J connectivity index is 1.14. The van der Waals surface area contributed by atoms with Crippen LogP contribution in [-0.2, 0) is 0 Å². The summed E-state index contributed by atoms with van der Waals surface area (Å²) in [6.07, 6.45) is 1.50. The van der Waals surface area contributed by atoms with E-state index in [0.29, 0.717) is 0 Å². The molecule has 48 heavy (non-hydrogen) atoms. The first-order chi connectivity index (χ1) is 23.8. The lowest BCUT2D eigenvalue weighted by atomic mass is 9.97. The van der Waals surface area contributed by atoms with Gasteiger partial charge in [0.1, 0.15) is 18.2 Å². The molecule has 2 unspecified atom stereocenters. The minimum Gasteiger partial charge on any atom is -0.350 e. The number of amidine groups is 1. The highest BCUT2D eigenvalue weighted by Gasteiger charge is 2.27. The van der Waals surface area contributed by atoms with Crippen LogP contribution in [-0.4, -0.2) is 10.8 Å². The van der Waals surface area contributed by atoms with E-state index in [4.69, 9.17) is 9.98 Å². The highest BCUT2D eigenvalue weighted by atomic mass is 15.3. The molecule has 0 saturated heterocycles. The third-order valence-electron chi connectivity index (χ3n) is 9.39. The molecule has 0 spiro atoms. The summed E-state index contributed by atoms with van der Waals surface area (Å²) in [5, 5.41) is 13.5. The largest absolute Gasteiger partial charge is 0.350 e. The van der Waals surface area contributed by atoms with Crippen molar-refractivity contribution in [3.63, 3.8) is 0 Å². The maximum Gasteiger partial charge on any atom is 0.132 e. The van der Waals surface area contributed by atoms with Crippen LogP contribution >= 0.6 is 0 Å². The molecule has 1 aliphatic rings. The van der Waals surface area contributed by atoms with E-state index in [2.05, 4.69) is 168 Å². The number of benzene rings is 7. The van der Waals surface area contributed by atoms with Gasteiger partial charge < -0.3 is 5.32 Å². The number of fused-ring (bicyclic) bond motifs is 5. The minimum atomic E-state index is -0.312. The van der Waals surface area contributed by atoms with Gasteiger partial charge in [-0.05, 0) is 50.0 Å². The SMILES string of the molecule is c1ccc(-c2ccc(C3NC(c4ccccc4-c4ccccc4)=NC(c4cnc5c(ccc6c7ccccc7ccc65)c4)N3)cc2)cc1. The van der Waals surface area contributed by atoms with Crippen LogP contribution in [0.5, 0.6) is 0 Å². The lowest BCUT2D eigenvalue weighted by Crippen LogP contribution is -2.45. The highest BCUT2D eigenvalue weighted by Crippen LogP contribution is 2.34. The van der Waals surface area contributed by atoms with Gasteiger partial charge in [-0.25, -0.2) is 4.99 Å². The van der Waals surface area contributed by atoms with Crippen molar-refractivity contribution < 1.29 is 0 Å². The van der Waals surface area contributed by atoms with Gasteiger partial charge in [-0.1, -0.05) is 158 Å². The molecule has 0 radical (unpaired) electrons. The van der Waals surface area contributed by atoms with E-state index in [1.165, 1.54) is 27.3 Å². The van der Waals surface area contributed by atoms with E-state index in [-0.39, 0.29) is 12.3 Å². The second-order valence-electron chi connectivity index (χ2n) is 12.3. The molecular formula is C44H32N4. The van der Waals surface area contributed by atoms with Crippen LogP contribution in [0, 0.1) is 0 Å². The standard InChI is InChI=1S/C44H32N4/c1-3-11-29(12-4-1)30-19-21-33(22-20-30)42-46-43(48-44(47-42)40-18-10-9-17-37(40)31-13-5-2-6-14-31)35-27-34-24-25-38-36-16-8-7-15-32(36)23-26-39(38)41(34)45-28-35/h1-28,42-43,46H,(H,47,48). The van der Waals surface area contributed by atoms with Gasteiger partial charge in [-0.2, -0.15) is 0 Å². The van der Waals surface area contributed by atoms with E-state index >= 15 is 0 Å². The second-order valence-corrected chi connectivity index (χ2v) is 12.3. The predicted molar refractivity (Wildman–Crippen MR) is 199 cm³/mol. The highest BCUT2D eigenvalue weighted by molar-refractivity contribution is 6.16. The molecule has 2 heterocycles. The molecule has 2 atom stereocenters. The zero-order valence-corrected chi connectivity index (χ0v) is 26.2. The molecule has 0 fully saturated rings. The third kappa shape index (κ3) is 5.09. The number of hydrogen-bond acceptors (Lipinski definition) is 4. The van der Waals surface area contributed by atoms with Gasteiger partial charge in [0.2, 0.25) is 0 Å². The van der Waals surface area contributed by atoms with Crippen LogP contribution in [0.4, 0.5) is 0 Å². The van der Waals surface area contributed by atoms with Gasteiger partial charge in [0.15, 0.2) is 0 Å². The van der Waals surface area contributed by atoms with Crippen molar-refractivity contribution in [1.82, 2.24) is 15.6 Å². The summed E-state index contributed by atoms with van der Waals surface area (Å²) in [4.78, 5) is 10.4. The van der Waals surface area contributed by atoms with Crippen molar-refractivity contribution in [3.8, 4) is 22.3 Å². The lowest BCUT2D eigenvalue weighted by molar-refractivity contribution is 0.408. The summed E-state index contributed by atoms with van der Waals surface area (Å²) < 4.78 is 0. The Morgan fingerprint density at radius 3 is 1.92 bits per heavy atom. The molecule has 0 bridgehead atoms. The third-order valence-corrected chi connectivity index (χ3v) is 9.39. The molecule has 4 nitrogen and oxygen atoms in total. The summed E-state index contributed by atoms with van der Waals surface area (Å²) >= 11 is 0. The Labute approximate surface area is 279 Å². The van der Waals surface area contributed by atoms with Crippen LogP contribution in [0.2, 0.25) is 0 Å². The predicted octanol–water partition coefficient (Wildman–Crippen LogP) is 10.2. The van der Waals surface area contributed by atoms with E-state index in [1.807, 2.05) is 12.3 Å². The fraction of sp³-hybridized carbons (Fsp3) is 0.0455. The number of nitrogens with zero attached hydrogens (tertiary/aromatic N) is 2. The number of nitrogens with one attached hydrogen (secondary N) is 2. The second kappa shape index (κ2) is 11.9. The molecule has 228 valence electrons. The van der Waals surface area contributed by atoms with Crippen molar-refractivity contribution in [1.29, 1.82) is 0 Å². The quantitative estimate of drug-likeness (QED) is 0.189. The van der Waals surface area contributed by atoms with Gasteiger partial charge in [0.05, 0.1) is 5.52 Å². The van der Waals surface area contributed by atoms with Gasteiger partial charge in [-0.3, -0.25) is 10.3 Å². The van der Waals surface area contributed by atoms with Crippen molar-refractivity contribution in [2.75, 3.05) is 0 Å². The molecule has 2 N–H and O–H groups in total. The van der Waals surface area contributed by atoms with Crippen LogP contribution in [0.3, 0.4) is 0 Å². The average molecular weight is 617 g/mol. The van der Waals surface area contributed by atoms with Gasteiger partial charge in [-0.15, -0.1) is 0 Å². The molecule has 1 aliphatic heterocycles. The number of pyridine rings is 1. The minimum absolute atomic E-state index is 0.171. The van der Waals surface area contributed by atoms with Crippen LogP contribution < -0.4 is 10.6 Å². The molecule has 8 aromatic rings. The van der Waals surface area contributed by atoms with Gasteiger partial charge >= 0.3 is 0 Å². The monoisotopic (exact) mass is 616 g/mol. The number of aliphatic imine (C=N–C) groups is 1. The first-order valence-corrected chi connectivity index (χ1v) is 16.4. The zero-order valence-electron chi connectivity index (χ0n) is 26.2. The lowest BCUT2D eigenvalue weighted by Gasteiger charge is -2.32. The van der Waals surface area contributed by atoms with Gasteiger partial charge in [0.25, 0.3) is 0 Å². The Hall–Kier alpha value is -6.10. The molecule has 1 aromatic heterocycles. The van der Waals surface area contributed by atoms with Crippen molar-refractivity contribution in [2.45, 2.75) is 12.3 Å². The Morgan fingerprint density at radius 2 is 1.10 bits per heavy atom. The van der Waals surface area contributed by atoms with Crippen LogP contribution in [0.25, 0.3) is 54.7 Å². The summed E-state index contributed by atoms with van der Waals surface area (Å²) in [5.74, 6) is 0.848. The van der Waals surface area contributed by atoms with E-state index in [9.17, 15) is 0 Å². The van der Waals surface area contributed by atoms with E-state index in [0.717, 1.165) is 49.9 Å². The molecule has 9 rings (SSSR count). The first kappa shape index (κ1) is 28.1. The Bertz CT molecular complexity index is 2450. The van der Waals surface area contributed by atoms with E-state index < -0.39 is 0 Å². The zero-order chi connectivity index (χ0) is 31.9. The number of rotatable bonds is 5. The van der Waals surface area contributed by atoms with Crippen molar-refractivity contribution in [3.05, 3.63) is 187 Å². The summed E-state index contributed by atoms with van der Waals surface area (Å²) in [6, 6.07) is 57.9. The smallest absolute Gasteiger partial charge is 0.132 e. The molecule has 0 aliphatic carbocycles. The fourth-order valence-corrected chi connectivity index (χ4v) is 6.95.